The van der Waals surface area contributed by atoms with Crippen LogP contribution in [-0.4, -0.2) is 58.7 Å². The first-order valence-corrected chi connectivity index (χ1v) is 14.1. The Balaban J connectivity index is 1.21. The highest BCUT2D eigenvalue weighted by atomic mass is 16.5. The summed E-state index contributed by atoms with van der Waals surface area (Å²) in [6.45, 7) is 9.28. The Kier molecular flexibility index (Phi) is 9.07. The van der Waals surface area contributed by atoms with Crippen molar-refractivity contribution in [1.29, 1.82) is 5.26 Å². The van der Waals surface area contributed by atoms with Crippen LogP contribution in [0, 0.1) is 18.3 Å². The molecule has 0 bridgehead atoms. The van der Waals surface area contributed by atoms with Gasteiger partial charge in [-0.25, -0.2) is 0 Å². The molecule has 4 aromatic rings. The molecule has 0 aliphatic carbocycles. The summed E-state index contributed by atoms with van der Waals surface area (Å²) in [6.07, 6.45) is 16.3. The fourth-order valence-electron chi connectivity index (χ4n) is 5.28. The van der Waals surface area contributed by atoms with Gasteiger partial charge in [0.25, 0.3) is 0 Å². The van der Waals surface area contributed by atoms with Crippen LogP contribution in [0.5, 0.6) is 5.75 Å². The van der Waals surface area contributed by atoms with Crippen LogP contribution in [0.2, 0.25) is 0 Å². The van der Waals surface area contributed by atoms with Gasteiger partial charge in [-0.05, 0) is 81.2 Å². The SMILES string of the molecule is CCCN1CCC(NCCOc2cncc(/C=C/c3cncc(C#N)c3Nc3ccc4[nH]ccc4c3C)c2)CC1. The van der Waals surface area contributed by atoms with E-state index in [-0.39, 0.29) is 0 Å². The van der Waals surface area contributed by atoms with Crippen molar-refractivity contribution in [3.05, 3.63) is 77.5 Å². The third kappa shape index (κ3) is 6.68. The first-order valence-electron chi connectivity index (χ1n) is 14.1. The number of aryl methyl sites for hydroxylation is 1. The molecule has 1 aromatic carbocycles. The molecule has 40 heavy (non-hydrogen) atoms. The van der Waals surface area contributed by atoms with E-state index in [4.69, 9.17) is 4.74 Å². The van der Waals surface area contributed by atoms with E-state index in [9.17, 15) is 5.26 Å². The standard InChI is InChI=1S/C32H37N7O/c1-3-13-39-14-9-27(10-15-39)36-12-16-40-28-17-24(19-34-22-28)4-5-25-20-35-21-26(18-33)32(25)38-30-6-7-31-29(23(30)2)8-11-37-31/h4-8,11,17,19-22,27,36-37H,3,9-10,12-16H2,1-2H3,(H,35,38)/b5-4+. The third-order valence-corrected chi connectivity index (χ3v) is 7.48. The predicted molar refractivity (Wildman–Crippen MR) is 162 cm³/mol. The molecule has 0 saturated carbocycles. The molecule has 0 radical (unpaired) electrons. The minimum atomic E-state index is 0.481. The molecule has 8 nitrogen and oxygen atoms in total. The average molecular weight is 536 g/mol. The highest BCUT2D eigenvalue weighted by Crippen LogP contribution is 2.31. The molecule has 1 aliphatic heterocycles. The largest absolute Gasteiger partial charge is 0.491 e. The fraction of sp³-hybridized carbons (Fsp3) is 0.344. The van der Waals surface area contributed by atoms with Gasteiger partial charge >= 0.3 is 0 Å². The smallest absolute Gasteiger partial charge is 0.138 e. The van der Waals surface area contributed by atoms with Crippen LogP contribution in [-0.2, 0) is 0 Å². The van der Waals surface area contributed by atoms with Crippen LogP contribution in [0.4, 0.5) is 11.4 Å². The normalized spacial score (nSPS) is 14.5. The van der Waals surface area contributed by atoms with E-state index in [1.807, 2.05) is 36.5 Å². The third-order valence-electron chi connectivity index (χ3n) is 7.48. The number of fused-ring (bicyclic) bond motifs is 1. The van der Waals surface area contributed by atoms with Gasteiger partial charge in [-0.2, -0.15) is 5.26 Å². The molecular weight excluding hydrogens is 498 g/mol. The maximum atomic E-state index is 9.78. The summed E-state index contributed by atoms with van der Waals surface area (Å²) < 4.78 is 5.99. The Bertz CT molecular complexity index is 1490. The first-order chi connectivity index (χ1) is 19.6. The number of nitrogens with one attached hydrogen (secondary N) is 3. The lowest BCUT2D eigenvalue weighted by Crippen LogP contribution is -2.43. The summed E-state index contributed by atoms with van der Waals surface area (Å²) in [4.78, 5) is 14.4. The van der Waals surface area contributed by atoms with Crippen molar-refractivity contribution < 1.29 is 4.74 Å². The van der Waals surface area contributed by atoms with Crippen molar-refractivity contribution in [3.8, 4) is 11.8 Å². The van der Waals surface area contributed by atoms with Crippen LogP contribution in [0.15, 0.2) is 55.2 Å². The highest BCUT2D eigenvalue weighted by Gasteiger charge is 2.17. The number of nitriles is 1. The number of aromatic nitrogens is 3. The molecule has 0 spiro atoms. The Labute approximate surface area is 236 Å². The molecule has 0 amide bonds. The van der Waals surface area contributed by atoms with Gasteiger partial charge in [0, 0.05) is 59.5 Å². The number of H-pyrrole nitrogens is 1. The zero-order chi connectivity index (χ0) is 27.7. The first kappa shape index (κ1) is 27.4. The highest BCUT2D eigenvalue weighted by molar-refractivity contribution is 5.90. The second kappa shape index (κ2) is 13.2. The molecule has 0 unspecified atom stereocenters. The average Bonchev–Trinajstić information content (AvgIpc) is 3.47. The molecule has 8 heteroatoms. The van der Waals surface area contributed by atoms with E-state index in [1.165, 1.54) is 38.9 Å². The Hall–Kier alpha value is -4.19. The lowest BCUT2D eigenvalue weighted by molar-refractivity contribution is 0.193. The van der Waals surface area contributed by atoms with E-state index in [1.54, 1.807) is 24.8 Å². The van der Waals surface area contributed by atoms with Crippen molar-refractivity contribution >= 4 is 34.4 Å². The van der Waals surface area contributed by atoms with Crippen LogP contribution >= 0.6 is 0 Å². The van der Waals surface area contributed by atoms with Crippen LogP contribution in [0.3, 0.4) is 0 Å². The van der Waals surface area contributed by atoms with Crippen molar-refractivity contribution in [3.63, 3.8) is 0 Å². The summed E-state index contributed by atoms with van der Waals surface area (Å²) in [6, 6.07) is 10.9. The zero-order valence-corrected chi connectivity index (χ0v) is 23.3. The number of aromatic amines is 1. The molecule has 1 fully saturated rings. The van der Waals surface area contributed by atoms with E-state index in [2.05, 4.69) is 56.5 Å². The number of nitrogens with zero attached hydrogens (tertiary/aromatic N) is 4. The number of ether oxygens (including phenoxy) is 1. The molecule has 4 heterocycles. The van der Waals surface area contributed by atoms with Gasteiger partial charge < -0.3 is 25.3 Å². The van der Waals surface area contributed by atoms with E-state index < -0.39 is 0 Å². The lowest BCUT2D eigenvalue weighted by Gasteiger charge is -2.32. The summed E-state index contributed by atoms with van der Waals surface area (Å²) in [5.74, 6) is 0.736. The van der Waals surface area contributed by atoms with Gasteiger partial charge in [0.1, 0.15) is 18.4 Å². The minimum Gasteiger partial charge on any atom is -0.491 e. The summed E-state index contributed by atoms with van der Waals surface area (Å²) in [5, 5.41) is 18.0. The number of piperidine rings is 1. The summed E-state index contributed by atoms with van der Waals surface area (Å²) in [5.41, 5.74) is 6.06. The number of anilines is 2. The van der Waals surface area contributed by atoms with Gasteiger partial charge in [0.2, 0.25) is 0 Å². The quantitative estimate of drug-likeness (QED) is 0.206. The Morgan fingerprint density at radius 2 is 1.98 bits per heavy atom. The summed E-state index contributed by atoms with van der Waals surface area (Å²) >= 11 is 0. The molecule has 3 aromatic heterocycles. The van der Waals surface area contributed by atoms with E-state index >= 15 is 0 Å². The van der Waals surface area contributed by atoms with Gasteiger partial charge in [-0.1, -0.05) is 19.1 Å². The molecule has 1 aliphatic rings. The maximum absolute atomic E-state index is 9.78. The van der Waals surface area contributed by atoms with Crippen molar-refractivity contribution in [2.75, 3.05) is 38.1 Å². The van der Waals surface area contributed by atoms with Gasteiger partial charge in [0.05, 0.1) is 17.4 Å². The second-order valence-corrected chi connectivity index (χ2v) is 10.3. The van der Waals surface area contributed by atoms with E-state index in [0.29, 0.717) is 18.2 Å². The van der Waals surface area contributed by atoms with Crippen LogP contribution < -0.4 is 15.4 Å². The van der Waals surface area contributed by atoms with Gasteiger partial charge in [-0.3, -0.25) is 9.97 Å². The predicted octanol–water partition coefficient (Wildman–Crippen LogP) is 5.89. The number of rotatable bonds is 11. The number of pyridine rings is 2. The number of benzene rings is 1. The Morgan fingerprint density at radius 3 is 2.80 bits per heavy atom. The molecule has 206 valence electrons. The van der Waals surface area contributed by atoms with Crippen LogP contribution in [0.1, 0.15) is 48.4 Å². The molecular formula is C32H37N7O. The number of likely N-dealkylation sites (tertiary alicyclic amines) is 1. The monoisotopic (exact) mass is 535 g/mol. The lowest BCUT2D eigenvalue weighted by atomic mass is 10.1. The van der Waals surface area contributed by atoms with Crippen molar-refractivity contribution in [2.24, 2.45) is 0 Å². The molecule has 5 rings (SSSR count). The maximum Gasteiger partial charge on any atom is 0.138 e. The minimum absolute atomic E-state index is 0.481. The second-order valence-electron chi connectivity index (χ2n) is 10.3. The summed E-state index contributed by atoms with van der Waals surface area (Å²) in [7, 11) is 0. The molecule has 1 saturated heterocycles. The van der Waals surface area contributed by atoms with Crippen LogP contribution in [0.25, 0.3) is 23.1 Å². The van der Waals surface area contributed by atoms with Crippen molar-refractivity contribution in [1.82, 2.24) is 25.2 Å². The fourth-order valence-corrected chi connectivity index (χ4v) is 5.28. The van der Waals surface area contributed by atoms with Gasteiger partial charge in [-0.15, -0.1) is 0 Å². The van der Waals surface area contributed by atoms with E-state index in [0.717, 1.165) is 51.3 Å². The topological polar surface area (TPSA) is 102 Å². The van der Waals surface area contributed by atoms with Crippen molar-refractivity contribution in [2.45, 2.75) is 39.2 Å². The molecule has 0 atom stereocenters. The number of hydrogen-bond donors (Lipinski definition) is 3. The zero-order valence-electron chi connectivity index (χ0n) is 23.3. The molecule has 3 N–H and O–H groups in total. The van der Waals surface area contributed by atoms with Gasteiger partial charge in [0.15, 0.2) is 0 Å². The Morgan fingerprint density at radius 1 is 1.12 bits per heavy atom. The number of hydrogen-bond acceptors (Lipinski definition) is 7.